The topological polar surface area (TPSA) is 26.0 Å². The molecule has 0 aliphatic carbocycles. The first kappa shape index (κ1) is 16.1. The van der Waals surface area contributed by atoms with Gasteiger partial charge in [0.25, 0.3) is 0 Å². The molecule has 2 aromatic carbocycles. The van der Waals surface area contributed by atoms with Crippen LogP contribution in [0.1, 0.15) is 36.6 Å². The summed E-state index contributed by atoms with van der Waals surface area (Å²) in [6.07, 6.45) is 0.909. The zero-order valence-electron chi connectivity index (χ0n) is 12.0. The van der Waals surface area contributed by atoms with E-state index in [0.29, 0.717) is 16.0 Å². The molecule has 0 fully saturated rings. The molecule has 0 bridgehead atoms. The lowest BCUT2D eigenvalue weighted by Crippen LogP contribution is -2.16. The highest BCUT2D eigenvalue weighted by molar-refractivity contribution is 9.10. The molecule has 1 unspecified atom stereocenters. The summed E-state index contributed by atoms with van der Waals surface area (Å²) < 4.78 is 28.4. The van der Waals surface area contributed by atoms with E-state index in [9.17, 15) is 8.78 Å². The van der Waals surface area contributed by atoms with Gasteiger partial charge in [-0.3, -0.25) is 0 Å². The van der Waals surface area contributed by atoms with Crippen molar-refractivity contribution in [2.24, 2.45) is 11.7 Å². The molecule has 2 N–H and O–H groups in total. The third kappa shape index (κ3) is 3.89. The number of benzene rings is 2. The molecule has 0 aromatic heterocycles. The van der Waals surface area contributed by atoms with Crippen LogP contribution in [-0.2, 0) is 6.42 Å². The molecule has 4 heteroatoms. The Balaban J connectivity index is 2.38. The van der Waals surface area contributed by atoms with Crippen molar-refractivity contribution >= 4 is 15.9 Å². The van der Waals surface area contributed by atoms with Crippen LogP contribution in [0, 0.1) is 17.6 Å². The fourth-order valence-corrected chi connectivity index (χ4v) is 2.80. The maximum atomic E-state index is 14.0. The zero-order chi connectivity index (χ0) is 15.6. The Hall–Kier alpha value is -1.26. The lowest BCUT2D eigenvalue weighted by atomic mass is 9.94. The minimum absolute atomic E-state index is 0.0973. The summed E-state index contributed by atoms with van der Waals surface area (Å²) in [5.74, 6) is -0.759. The van der Waals surface area contributed by atoms with Crippen molar-refractivity contribution in [3.05, 3.63) is 69.2 Å². The van der Waals surface area contributed by atoms with E-state index in [4.69, 9.17) is 5.73 Å². The Kier molecular flexibility index (Phi) is 5.12. The zero-order valence-corrected chi connectivity index (χ0v) is 13.6. The van der Waals surface area contributed by atoms with Crippen LogP contribution in [0.3, 0.4) is 0 Å². The smallest absolute Gasteiger partial charge is 0.132 e. The highest BCUT2D eigenvalue weighted by atomic mass is 79.9. The van der Waals surface area contributed by atoms with E-state index < -0.39 is 17.7 Å². The largest absolute Gasteiger partial charge is 0.320 e. The van der Waals surface area contributed by atoms with Gasteiger partial charge in [-0.1, -0.05) is 54.0 Å². The highest BCUT2D eigenvalue weighted by Gasteiger charge is 2.19. The van der Waals surface area contributed by atoms with Gasteiger partial charge >= 0.3 is 0 Å². The van der Waals surface area contributed by atoms with Crippen molar-refractivity contribution in [3.63, 3.8) is 0 Å². The molecule has 0 aliphatic heterocycles. The number of hydrogen-bond acceptors (Lipinski definition) is 1. The van der Waals surface area contributed by atoms with Crippen molar-refractivity contribution in [1.82, 2.24) is 0 Å². The van der Waals surface area contributed by atoms with Crippen LogP contribution in [-0.4, -0.2) is 0 Å². The molecule has 1 nitrogen and oxygen atoms in total. The standard InChI is InChI=1S/C17H18BrF2N/c1-10(2)6-11-4-3-5-12(7-11)17(21)16-14(19)8-13(18)9-15(16)20/h3-5,7-10,17H,6,21H2,1-2H3. The van der Waals surface area contributed by atoms with Crippen molar-refractivity contribution in [3.8, 4) is 0 Å². The average Bonchev–Trinajstić information content (AvgIpc) is 2.36. The minimum atomic E-state index is -0.815. The van der Waals surface area contributed by atoms with E-state index in [1.54, 1.807) is 6.07 Å². The SMILES string of the molecule is CC(C)Cc1cccc(C(N)c2c(F)cc(Br)cc2F)c1. The Morgan fingerprint density at radius 2 is 1.71 bits per heavy atom. The Labute approximate surface area is 132 Å². The maximum absolute atomic E-state index is 14.0. The molecular formula is C17H18BrF2N. The molecule has 0 aliphatic rings. The summed E-state index contributed by atoms with van der Waals surface area (Å²) in [5, 5.41) is 0. The fourth-order valence-electron chi connectivity index (χ4n) is 2.40. The van der Waals surface area contributed by atoms with Gasteiger partial charge in [0.15, 0.2) is 0 Å². The minimum Gasteiger partial charge on any atom is -0.320 e. The molecule has 112 valence electrons. The molecule has 0 saturated carbocycles. The number of nitrogens with two attached hydrogens (primary N) is 1. The Morgan fingerprint density at radius 3 is 2.29 bits per heavy atom. The molecule has 2 aromatic rings. The summed E-state index contributed by atoms with van der Waals surface area (Å²) in [6.45, 7) is 4.25. The molecule has 1 atom stereocenters. The van der Waals surface area contributed by atoms with Crippen molar-refractivity contribution in [1.29, 1.82) is 0 Å². The van der Waals surface area contributed by atoms with E-state index in [1.807, 2.05) is 18.2 Å². The molecule has 2 rings (SSSR count). The lowest BCUT2D eigenvalue weighted by Gasteiger charge is -2.16. The summed E-state index contributed by atoms with van der Waals surface area (Å²) >= 11 is 3.07. The van der Waals surface area contributed by atoms with Crippen LogP contribution >= 0.6 is 15.9 Å². The van der Waals surface area contributed by atoms with Gasteiger partial charge in [0.1, 0.15) is 11.6 Å². The quantitative estimate of drug-likeness (QED) is 0.824. The average molecular weight is 354 g/mol. The third-order valence-electron chi connectivity index (χ3n) is 3.31. The van der Waals surface area contributed by atoms with Gasteiger partial charge in [-0.15, -0.1) is 0 Å². The van der Waals surface area contributed by atoms with E-state index >= 15 is 0 Å². The molecule has 0 spiro atoms. The Bertz CT molecular complexity index is 617. The van der Waals surface area contributed by atoms with Gasteiger partial charge in [-0.05, 0) is 35.6 Å². The van der Waals surface area contributed by atoms with Crippen LogP contribution in [0.15, 0.2) is 40.9 Å². The first-order valence-corrected chi connectivity index (χ1v) is 7.66. The van der Waals surface area contributed by atoms with Crippen LogP contribution < -0.4 is 5.73 Å². The molecule has 0 radical (unpaired) electrons. The van der Waals surface area contributed by atoms with Gasteiger partial charge in [0, 0.05) is 10.0 Å². The maximum Gasteiger partial charge on any atom is 0.132 e. The second-order valence-corrected chi connectivity index (χ2v) is 6.52. The van der Waals surface area contributed by atoms with Crippen molar-refractivity contribution in [2.75, 3.05) is 0 Å². The third-order valence-corrected chi connectivity index (χ3v) is 3.77. The van der Waals surface area contributed by atoms with Gasteiger partial charge in [-0.2, -0.15) is 0 Å². The molecule has 0 heterocycles. The van der Waals surface area contributed by atoms with E-state index in [0.717, 1.165) is 12.0 Å². The Morgan fingerprint density at radius 1 is 1.10 bits per heavy atom. The second-order valence-electron chi connectivity index (χ2n) is 5.60. The molecule has 0 saturated heterocycles. The van der Waals surface area contributed by atoms with Crippen molar-refractivity contribution < 1.29 is 8.78 Å². The number of hydrogen-bond donors (Lipinski definition) is 1. The molecule has 0 amide bonds. The first-order valence-electron chi connectivity index (χ1n) is 6.87. The van der Waals surface area contributed by atoms with Crippen LogP contribution in [0.2, 0.25) is 0 Å². The van der Waals surface area contributed by atoms with E-state index in [1.165, 1.54) is 12.1 Å². The second kappa shape index (κ2) is 6.67. The summed E-state index contributed by atoms with van der Waals surface area (Å²) in [7, 11) is 0. The van der Waals surface area contributed by atoms with Crippen molar-refractivity contribution in [2.45, 2.75) is 26.3 Å². The summed E-state index contributed by atoms with van der Waals surface area (Å²) in [5.41, 5.74) is 7.81. The summed E-state index contributed by atoms with van der Waals surface area (Å²) in [4.78, 5) is 0. The predicted molar refractivity (Wildman–Crippen MR) is 85.1 cm³/mol. The van der Waals surface area contributed by atoms with E-state index in [-0.39, 0.29) is 5.56 Å². The highest BCUT2D eigenvalue weighted by Crippen LogP contribution is 2.28. The number of rotatable bonds is 4. The van der Waals surface area contributed by atoms with Crippen LogP contribution in [0.4, 0.5) is 8.78 Å². The predicted octanol–water partition coefficient (Wildman–Crippen LogP) is 4.97. The van der Waals surface area contributed by atoms with Crippen LogP contribution in [0.5, 0.6) is 0 Å². The summed E-state index contributed by atoms with van der Waals surface area (Å²) in [6, 6.07) is 9.25. The normalized spacial score (nSPS) is 12.7. The molecular weight excluding hydrogens is 336 g/mol. The van der Waals surface area contributed by atoms with Gasteiger partial charge in [-0.25, -0.2) is 8.78 Å². The van der Waals surface area contributed by atoms with Gasteiger partial charge < -0.3 is 5.73 Å². The first-order chi connectivity index (χ1) is 9.88. The van der Waals surface area contributed by atoms with E-state index in [2.05, 4.69) is 29.8 Å². The lowest BCUT2D eigenvalue weighted by molar-refractivity contribution is 0.542. The number of halogens is 3. The van der Waals surface area contributed by atoms with Gasteiger partial charge in [0.05, 0.1) is 6.04 Å². The van der Waals surface area contributed by atoms with Gasteiger partial charge in [0.2, 0.25) is 0 Å². The fraction of sp³-hybridized carbons (Fsp3) is 0.294. The monoisotopic (exact) mass is 353 g/mol. The van der Waals surface area contributed by atoms with Crippen LogP contribution in [0.25, 0.3) is 0 Å². The molecule has 21 heavy (non-hydrogen) atoms.